The van der Waals surface area contributed by atoms with E-state index >= 15 is 0 Å². The molecule has 3 aliphatic rings. The van der Waals surface area contributed by atoms with Gasteiger partial charge in [-0.1, -0.05) is 18.2 Å². The average Bonchev–Trinajstić information content (AvgIpc) is 2.71. The van der Waals surface area contributed by atoms with Crippen LogP contribution < -0.4 is 10.4 Å². The Morgan fingerprint density at radius 1 is 1.00 bits per heavy atom. The molecule has 0 bridgehead atoms. The summed E-state index contributed by atoms with van der Waals surface area (Å²) >= 11 is 0. The predicted octanol–water partition coefficient (Wildman–Crippen LogP) is 2.27. The molecule has 0 saturated carbocycles. The molecule has 6 heteroatoms. The Hall–Kier alpha value is -2.63. The first kappa shape index (κ1) is 16.8. The number of carbonyl (C=O) groups is 3. The molecular weight excluding hydrogens is 330 g/mol. The number of anilines is 1. The highest BCUT2D eigenvalue weighted by Gasteiger charge is 2.42. The van der Waals surface area contributed by atoms with Gasteiger partial charge in [0.2, 0.25) is 11.8 Å². The number of allylic oxidation sites excluding steroid dienone is 2. The first-order chi connectivity index (χ1) is 12.6. The Balaban J connectivity index is 1.58. The lowest BCUT2D eigenvalue weighted by atomic mass is 9.80. The molecule has 26 heavy (non-hydrogen) atoms. The van der Waals surface area contributed by atoms with Gasteiger partial charge in [-0.3, -0.25) is 19.8 Å². The summed E-state index contributed by atoms with van der Waals surface area (Å²) in [6, 6.07) is 6.99. The standard InChI is InChI=1S/C20H23N3O3/c24-18-16-9-2-3-10-17(16)20(26)23(21-18)15-8-6-7-14(13-15)19(25)22-11-4-1-5-12-22/h2-3,6-8,13,16-17H,1,4-5,9-12H2,(H,21,24)/t16-,17-/m1/s1. The first-order valence-corrected chi connectivity index (χ1v) is 9.34. The zero-order valence-electron chi connectivity index (χ0n) is 14.7. The number of carbonyl (C=O) groups excluding carboxylic acids is 3. The van der Waals surface area contributed by atoms with Crippen LogP contribution in [0.3, 0.4) is 0 Å². The molecule has 3 amide bonds. The molecule has 1 aromatic carbocycles. The van der Waals surface area contributed by atoms with Crippen LogP contribution in [0.25, 0.3) is 0 Å². The second kappa shape index (κ2) is 6.94. The van der Waals surface area contributed by atoms with Gasteiger partial charge in [0.1, 0.15) is 0 Å². The van der Waals surface area contributed by atoms with E-state index in [-0.39, 0.29) is 29.6 Å². The highest BCUT2D eigenvalue weighted by molar-refractivity contribution is 6.05. The van der Waals surface area contributed by atoms with Gasteiger partial charge < -0.3 is 4.90 Å². The fourth-order valence-electron chi connectivity index (χ4n) is 4.04. The van der Waals surface area contributed by atoms with Crippen molar-refractivity contribution >= 4 is 23.4 Å². The van der Waals surface area contributed by atoms with Gasteiger partial charge in [0.25, 0.3) is 5.91 Å². The van der Waals surface area contributed by atoms with Crippen LogP contribution in [0.15, 0.2) is 36.4 Å². The largest absolute Gasteiger partial charge is 0.339 e. The number of hydrogen-bond donors (Lipinski definition) is 1. The van der Waals surface area contributed by atoms with Gasteiger partial charge in [0.15, 0.2) is 0 Å². The molecule has 2 fully saturated rings. The summed E-state index contributed by atoms with van der Waals surface area (Å²) in [5.41, 5.74) is 3.81. The fraction of sp³-hybridized carbons (Fsp3) is 0.450. The minimum atomic E-state index is -0.324. The van der Waals surface area contributed by atoms with Gasteiger partial charge in [-0.15, -0.1) is 0 Å². The third-order valence-electron chi connectivity index (χ3n) is 5.52. The van der Waals surface area contributed by atoms with Crippen LogP contribution in [0.2, 0.25) is 0 Å². The Morgan fingerprint density at radius 3 is 2.50 bits per heavy atom. The van der Waals surface area contributed by atoms with E-state index in [0.717, 1.165) is 32.4 Å². The van der Waals surface area contributed by atoms with E-state index in [1.54, 1.807) is 24.3 Å². The van der Waals surface area contributed by atoms with Gasteiger partial charge in [-0.2, -0.15) is 0 Å². The molecule has 1 aliphatic carbocycles. The predicted molar refractivity (Wildman–Crippen MR) is 97.2 cm³/mol. The van der Waals surface area contributed by atoms with Gasteiger partial charge in [0, 0.05) is 18.7 Å². The summed E-state index contributed by atoms with van der Waals surface area (Å²) in [7, 11) is 0. The third kappa shape index (κ3) is 3.00. The van der Waals surface area contributed by atoms with E-state index in [0.29, 0.717) is 24.1 Å². The fourth-order valence-corrected chi connectivity index (χ4v) is 4.04. The molecule has 4 rings (SSSR count). The summed E-state index contributed by atoms with van der Waals surface area (Å²) in [5, 5.41) is 1.32. The maximum absolute atomic E-state index is 12.9. The number of piperidine rings is 1. The molecule has 0 radical (unpaired) electrons. The molecule has 6 nitrogen and oxygen atoms in total. The zero-order chi connectivity index (χ0) is 18.1. The Labute approximate surface area is 152 Å². The van der Waals surface area contributed by atoms with Gasteiger partial charge >= 0.3 is 0 Å². The second-order valence-corrected chi connectivity index (χ2v) is 7.21. The number of nitrogens with zero attached hydrogens (tertiary/aromatic N) is 2. The molecule has 2 atom stereocenters. The minimum absolute atomic E-state index is 0.0131. The molecular formula is C20H23N3O3. The van der Waals surface area contributed by atoms with Crippen molar-refractivity contribution in [2.75, 3.05) is 18.1 Å². The van der Waals surface area contributed by atoms with Crippen molar-refractivity contribution < 1.29 is 14.4 Å². The van der Waals surface area contributed by atoms with Crippen molar-refractivity contribution in [2.45, 2.75) is 32.1 Å². The third-order valence-corrected chi connectivity index (χ3v) is 5.52. The van der Waals surface area contributed by atoms with Crippen molar-refractivity contribution in [3.63, 3.8) is 0 Å². The van der Waals surface area contributed by atoms with E-state index in [9.17, 15) is 14.4 Å². The quantitative estimate of drug-likeness (QED) is 0.829. The molecule has 136 valence electrons. The van der Waals surface area contributed by atoms with Crippen LogP contribution in [0.4, 0.5) is 5.69 Å². The van der Waals surface area contributed by atoms with E-state index in [1.165, 1.54) is 5.01 Å². The molecule has 0 spiro atoms. The van der Waals surface area contributed by atoms with E-state index < -0.39 is 0 Å². The van der Waals surface area contributed by atoms with E-state index in [4.69, 9.17) is 0 Å². The van der Waals surface area contributed by atoms with Crippen LogP contribution in [0, 0.1) is 11.8 Å². The number of likely N-dealkylation sites (tertiary alicyclic amines) is 1. The summed E-state index contributed by atoms with van der Waals surface area (Å²) < 4.78 is 0. The lowest BCUT2D eigenvalue weighted by Crippen LogP contribution is -2.59. The summed E-state index contributed by atoms with van der Waals surface area (Å²) in [6.45, 7) is 1.55. The van der Waals surface area contributed by atoms with Gasteiger partial charge in [-0.25, -0.2) is 5.01 Å². The monoisotopic (exact) mass is 353 g/mol. The topological polar surface area (TPSA) is 69.7 Å². The van der Waals surface area contributed by atoms with Crippen molar-refractivity contribution in [3.8, 4) is 0 Å². The van der Waals surface area contributed by atoms with Crippen molar-refractivity contribution in [2.24, 2.45) is 11.8 Å². The van der Waals surface area contributed by atoms with Crippen LogP contribution >= 0.6 is 0 Å². The summed E-state index contributed by atoms with van der Waals surface area (Å²) in [5.74, 6) is -0.869. The maximum Gasteiger partial charge on any atom is 0.253 e. The molecule has 1 N–H and O–H groups in total. The molecule has 2 saturated heterocycles. The number of fused-ring (bicyclic) bond motifs is 1. The van der Waals surface area contributed by atoms with Crippen LogP contribution in [-0.4, -0.2) is 35.7 Å². The van der Waals surface area contributed by atoms with Crippen LogP contribution in [0.5, 0.6) is 0 Å². The molecule has 2 aliphatic heterocycles. The Bertz CT molecular complexity index is 767. The Kier molecular flexibility index (Phi) is 4.49. The number of rotatable bonds is 2. The van der Waals surface area contributed by atoms with Crippen LogP contribution in [0.1, 0.15) is 42.5 Å². The minimum Gasteiger partial charge on any atom is -0.339 e. The van der Waals surface area contributed by atoms with Gasteiger partial charge in [0.05, 0.1) is 17.5 Å². The first-order valence-electron chi connectivity index (χ1n) is 9.34. The normalized spacial score (nSPS) is 25.7. The van der Waals surface area contributed by atoms with Crippen molar-refractivity contribution in [1.29, 1.82) is 0 Å². The van der Waals surface area contributed by atoms with Crippen molar-refractivity contribution in [3.05, 3.63) is 42.0 Å². The molecule has 0 unspecified atom stereocenters. The van der Waals surface area contributed by atoms with Gasteiger partial charge in [-0.05, 0) is 50.3 Å². The highest BCUT2D eigenvalue weighted by Crippen LogP contribution is 2.32. The summed E-state index contributed by atoms with van der Waals surface area (Å²) in [4.78, 5) is 39.9. The number of hydrazine groups is 1. The van der Waals surface area contributed by atoms with E-state index in [1.807, 2.05) is 17.1 Å². The number of benzene rings is 1. The Morgan fingerprint density at radius 2 is 1.73 bits per heavy atom. The number of amides is 3. The zero-order valence-corrected chi connectivity index (χ0v) is 14.7. The molecule has 2 heterocycles. The smallest absolute Gasteiger partial charge is 0.253 e. The van der Waals surface area contributed by atoms with Crippen molar-refractivity contribution in [1.82, 2.24) is 10.3 Å². The lowest BCUT2D eigenvalue weighted by Gasteiger charge is -2.38. The number of hydrogen-bond acceptors (Lipinski definition) is 3. The maximum atomic E-state index is 12.9. The summed E-state index contributed by atoms with van der Waals surface area (Å²) in [6.07, 6.45) is 8.33. The lowest BCUT2D eigenvalue weighted by molar-refractivity contribution is -0.139. The highest BCUT2D eigenvalue weighted by atomic mass is 16.2. The second-order valence-electron chi connectivity index (χ2n) is 7.21. The van der Waals surface area contributed by atoms with E-state index in [2.05, 4.69) is 5.43 Å². The van der Waals surface area contributed by atoms with Crippen LogP contribution in [-0.2, 0) is 9.59 Å². The molecule has 1 aromatic rings. The SMILES string of the molecule is O=C1NN(c2cccc(C(=O)N3CCCCC3)c2)C(=O)[C@@H]2CC=CC[C@@H]12. The average molecular weight is 353 g/mol. The number of nitrogens with one attached hydrogen (secondary N) is 1. The molecule has 0 aromatic heterocycles.